The summed E-state index contributed by atoms with van der Waals surface area (Å²) in [6.07, 6.45) is 0. The van der Waals surface area contributed by atoms with Crippen molar-refractivity contribution in [2.24, 2.45) is 5.92 Å². The Morgan fingerprint density at radius 1 is 1.08 bits per heavy atom. The Morgan fingerprint density at radius 2 is 1.72 bits per heavy atom. The van der Waals surface area contributed by atoms with Crippen LogP contribution in [0.1, 0.15) is 22.8 Å². The molecule has 1 N–H and O–H groups in total. The Labute approximate surface area is 148 Å². The molecule has 0 radical (unpaired) electrons. The van der Waals surface area contributed by atoms with Crippen LogP contribution in [0.25, 0.3) is 0 Å². The molecule has 0 heterocycles. The van der Waals surface area contributed by atoms with E-state index in [1.807, 2.05) is 68.6 Å². The summed E-state index contributed by atoms with van der Waals surface area (Å²) in [5.74, 6) is -0.517. The molecular weight excluding hydrogens is 316 g/mol. The van der Waals surface area contributed by atoms with E-state index in [-0.39, 0.29) is 17.8 Å². The maximum Gasteiger partial charge on any atom is 0.309 e. The highest BCUT2D eigenvalue weighted by Gasteiger charge is 2.15. The van der Waals surface area contributed by atoms with E-state index in [1.54, 1.807) is 0 Å². The van der Waals surface area contributed by atoms with Crippen LogP contribution in [0, 0.1) is 5.92 Å². The summed E-state index contributed by atoms with van der Waals surface area (Å²) in [5.41, 5.74) is 2.46. The summed E-state index contributed by atoms with van der Waals surface area (Å²) in [4.78, 5) is 25.8. The molecule has 1 unspecified atom stereocenters. The number of carbonyl (C=O) groups excluding carboxylic acids is 2. The van der Waals surface area contributed by atoms with Gasteiger partial charge >= 0.3 is 5.97 Å². The van der Waals surface area contributed by atoms with Crippen LogP contribution in [0.15, 0.2) is 54.6 Å². The third kappa shape index (κ3) is 5.72. The predicted molar refractivity (Wildman–Crippen MR) is 98.4 cm³/mol. The van der Waals surface area contributed by atoms with E-state index in [0.29, 0.717) is 18.7 Å². The van der Waals surface area contributed by atoms with E-state index in [4.69, 9.17) is 4.74 Å². The molecule has 0 aliphatic rings. The quantitative estimate of drug-likeness (QED) is 0.787. The highest BCUT2D eigenvalue weighted by molar-refractivity contribution is 6.04. The number of methoxy groups -OCH3 is 1. The average molecular weight is 340 g/mol. The van der Waals surface area contributed by atoms with Gasteiger partial charge in [-0.1, -0.05) is 37.3 Å². The summed E-state index contributed by atoms with van der Waals surface area (Å²) in [6.45, 7) is 3.16. The van der Waals surface area contributed by atoms with E-state index in [2.05, 4.69) is 10.2 Å². The molecule has 0 spiro atoms. The van der Waals surface area contributed by atoms with Crippen molar-refractivity contribution in [3.63, 3.8) is 0 Å². The van der Waals surface area contributed by atoms with Gasteiger partial charge in [-0.2, -0.15) is 0 Å². The molecule has 0 saturated heterocycles. The van der Waals surface area contributed by atoms with Crippen molar-refractivity contribution in [3.8, 4) is 0 Å². The molecule has 0 aromatic heterocycles. The summed E-state index contributed by atoms with van der Waals surface area (Å²) in [6, 6.07) is 16.8. The first kappa shape index (κ1) is 18.7. The SMILES string of the molecule is COC(=O)C(C)CN(C)Cc1ccc(C(=O)Nc2ccccc2)cc1. The van der Waals surface area contributed by atoms with Crippen molar-refractivity contribution in [2.75, 3.05) is 26.0 Å². The van der Waals surface area contributed by atoms with Crippen LogP contribution in [0.5, 0.6) is 0 Å². The fraction of sp³-hybridized carbons (Fsp3) is 0.300. The minimum Gasteiger partial charge on any atom is -0.469 e. The lowest BCUT2D eigenvalue weighted by Gasteiger charge is -2.20. The molecule has 5 heteroatoms. The Hall–Kier alpha value is -2.66. The van der Waals surface area contributed by atoms with Crippen LogP contribution in [-0.4, -0.2) is 37.5 Å². The van der Waals surface area contributed by atoms with Crippen LogP contribution < -0.4 is 5.32 Å². The van der Waals surface area contributed by atoms with Gasteiger partial charge < -0.3 is 15.0 Å². The monoisotopic (exact) mass is 340 g/mol. The van der Waals surface area contributed by atoms with E-state index in [0.717, 1.165) is 11.3 Å². The van der Waals surface area contributed by atoms with Gasteiger partial charge in [0.1, 0.15) is 0 Å². The summed E-state index contributed by atoms with van der Waals surface area (Å²) >= 11 is 0. The highest BCUT2D eigenvalue weighted by Crippen LogP contribution is 2.12. The van der Waals surface area contributed by atoms with Crippen LogP contribution in [0.3, 0.4) is 0 Å². The van der Waals surface area contributed by atoms with Crippen LogP contribution in [0.2, 0.25) is 0 Å². The number of esters is 1. The molecule has 2 rings (SSSR count). The largest absolute Gasteiger partial charge is 0.469 e. The lowest BCUT2D eigenvalue weighted by Crippen LogP contribution is -2.29. The Kier molecular flexibility index (Phi) is 6.71. The number of nitrogens with one attached hydrogen (secondary N) is 1. The molecule has 5 nitrogen and oxygen atoms in total. The number of anilines is 1. The molecule has 2 aromatic carbocycles. The first-order valence-electron chi connectivity index (χ1n) is 8.21. The fourth-order valence-corrected chi connectivity index (χ4v) is 2.61. The number of benzene rings is 2. The van der Waals surface area contributed by atoms with E-state index in [9.17, 15) is 9.59 Å². The number of hydrogen-bond donors (Lipinski definition) is 1. The number of ether oxygens (including phenoxy) is 1. The second-order valence-electron chi connectivity index (χ2n) is 6.14. The lowest BCUT2D eigenvalue weighted by atomic mass is 10.1. The third-order valence-electron chi connectivity index (χ3n) is 3.89. The standard InChI is InChI=1S/C20H24N2O3/c1-15(20(24)25-3)13-22(2)14-16-9-11-17(12-10-16)19(23)21-18-7-5-4-6-8-18/h4-12,15H,13-14H2,1-3H3,(H,21,23). The first-order valence-corrected chi connectivity index (χ1v) is 8.21. The number of nitrogens with zero attached hydrogens (tertiary/aromatic N) is 1. The minimum atomic E-state index is -0.209. The van der Waals surface area contributed by atoms with Crippen molar-refractivity contribution in [2.45, 2.75) is 13.5 Å². The van der Waals surface area contributed by atoms with E-state index < -0.39 is 0 Å². The second kappa shape index (κ2) is 8.99. The summed E-state index contributed by atoms with van der Waals surface area (Å²) in [7, 11) is 3.35. The minimum absolute atomic E-state index is 0.134. The summed E-state index contributed by atoms with van der Waals surface area (Å²) < 4.78 is 4.74. The third-order valence-corrected chi connectivity index (χ3v) is 3.89. The molecule has 0 saturated carbocycles. The van der Waals surface area contributed by atoms with Crippen molar-refractivity contribution in [1.82, 2.24) is 4.90 Å². The maximum atomic E-state index is 12.2. The van der Waals surface area contributed by atoms with Crippen molar-refractivity contribution in [3.05, 3.63) is 65.7 Å². The molecule has 2 aromatic rings. The Bertz CT molecular complexity index is 699. The van der Waals surface area contributed by atoms with Crippen molar-refractivity contribution in [1.29, 1.82) is 0 Å². The second-order valence-corrected chi connectivity index (χ2v) is 6.14. The van der Waals surface area contributed by atoms with Crippen LogP contribution in [-0.2, 0) is 16.1 Å². The molecular formula is C20H24N2O3. The Balaban J connectivity index is 1.91. The zero-order valence-corrected chi connectivity index (χ0v) is 14.9. The summed E-state index contributed by atoms with van der Waals surface area (Å²) in [5, 5.41) is 2.86. The number of para-hydroxylation sites is 1. The lowest BCUT2D eigenvalue weighted by molar-refractivity contribution is -0.145. The zero-order valence-electron chi connectivity index (χ0n) is 14.9. The molecule has 0 fully saturated rings. The first-order chi connectivity index (χ1) is 12.0. The van der Waals surface area contributed by atoms with Crippen molar-refractivity contribution >= 4 is 17.6 Å². The number of rotatable bonds is 7. The molecule has 25 heavy (non-hydrogen) atoms. The fourth-order valence-electron chi connectivity index (χ4n) is 2.61. The number of amides is 1. The van der Waals surface area contributed by atoms with Gasteiger partial charge in [0.15, 0.2) is 0 Å². The van der Waals surface area contributed by atoms with Crippen molar-refractivity contribution < 1.29 is 14.3 Å². The topological polar surface area (TPSA) is 58.6 Å². The molecule has 0 aliphatic carbocycles. The highest BCUT2D eigenvalue weighted by atomic mass is 16.5. The molecule has 0 aliphatic heterocycles. The number of carbonyl (C=O) groups is 2. The molecule has 1 atom stereocenters. The smallest absolute Gasteiger partial charge is 0.309 e. The van der Waals surface area contributed by atoms with Gasteiger partial charge in [0.2, 0.25) is 0 Å². The molecule has 132 valence electrons. The van der Waals surface area contributed by atoms with Gasteiger partial charge in [0, 0.05) is 24.3 Å². The average Bonchev–Trinajstić information content (AvgIpc) is 2.62. The van der Waals surface area contributed by atoms with Gasteiger partial charge in [-0.3, -0.25) is 9.59 Å². The van der Waals surface area contributed by atoms with Gasteiger partial charge in [0.05, 0.1) is 13.0 Å². The van der Waals surface area contributed by atoms with Gasteiger partial charge in [-0.05, 0) is 36.9 Å². The Morgan fingerprint density at radius 3 is 2.32 bits per heavy atom. The normalized spacial score (nSPS) is 11.8. The van der Waals surface area contributed by atoms with Crippen LogP contribution in [0.4, 0.5) is 5.69 Å². The number of hydrogen-bond acceptors (Lipinski definition) is 4. The van der Waals surface area contributed by atoms with E-state index >= 15 is 0 Å². The van der Waals surface area contributed by atoms with Gasteiger partial charge in [-0.25, -0.2) is 0 Å². The van der Waals surface area contributed by atoms with Crippen LogP contribution >= 0.6 is 0 Å². The molecule has 0 bridgehead atoms. The van der Waals surface area contributed by atoms with E-state index in [1.165, 1.54) is 7.11 Å². The van der Waals surface area contributed by atoms with Gasteiger partial charge in [0.25, 0.3) is 5.91 Å². The van der Waals surface area contributed by atoms with Gasteiger partial charge in [-0.15, -0.1) is 0 Å². The maximum absolute atomic E-state index is 12.2. The predicted octanol–water partition coefficient (Wildman–Crippen LogP) is 3.18. The molecule has 1 amide bonds. The zero-order chi connectivity index (χ0) is 18.2.